The van der Waals surface area contributed by atoms with Gasteiger partial charge in [0.1, 0.15) is 35.2 Å². The highest BCUT2D eigenvalue weighted by Crippen LogP contribution is 2.35. The van der Waals surface area contributed by atoms with E-state index in [1.165, 1.54) is 11.3 Å². The summed E-state index contributed by atoms with van der Waals surface area (Å²) < 4.78 is 28.0. The van der Waals surface area contributed by atoms with Gasteiger partial charge in [-0.3, -0.25) is 18.7 Å². The molecule has 1 unspecified atom stereocenters. The second-order valence-electron chi connectivity index (χ2n) is 11.6. The Morgan fingerprint density at radius 1 is 1.26 bits per heavy atom. The van der Waals surface area contributed by atoms with Gasteiger partial charge in [0, 0.05) is 17.7 Å². The van der Waals surface area contributed by atoms with Gasteiger partial charge in [0.15, 0.2) is 5.71 Å². The van der Waals surface area contributed by atoms with E-state index in [-0.39, 0.29) is 47.3 Å². The Morgan fingerprint density at radius 2 is 1.96 bits per heavy atom. The molecular formula is C29H32BClN4O9S2. The van der Waals surface area contributed by atoms with Crippen LogP contribution in [0.4, 0.5) is 0 Å². The van der Waals surface area contributed by atoms with Crippen molar-refractivity contribution >= 4 is 71.3 Å². The lowest BCUT2D eigenvalue weighted by Crippen LogP contribution is -2.74. The minimum Gasteiger partial charge on any atom is -0.539 e. The number of esters is 1. The number of oxime groups is 1. The molecule has 0 saturated carbocycles. The van der Waals surface area contributed by atoms with Crippen LogP contribution in [-0.4, -0.2) is 87.9 Å². The van der Waals surface area contributed by atoms with Crippen LogP contribution in [0, 0.1) is 12.3 Å². The van der Waals surface area contributed by atoms with E-state index in [9.17, 15) is 23.4 Å². The number of ether oxygens (including phenoxy) is 2. The van der Waals surface area contributed by atoms with Gasteiger partial charge in [-0.1, -0.05) is 38.1 Å². The van der Waals surface area contributed by atoms with Crippen LogP contribution in [0.25, 0.3) is 0 Å². The van der Waals surface area contributed by atoms with E-state index in [1.807, 2.05) is 20.8 Å². The molecule has 0 spiro atoms. The Hall–Kier alpha value is -3.76. The van der Waals surface area contributed by atoms with Crippen molar-refractivity contribution in [1.82, 2.24) is 15.2 Å². The van der Waals surface area contributed by atoms with Crippen molar-refractivity contribution in [2.45, 2.75) is 58.2 Å². The number of fused-ring (bicyclic) bond motifs is 1. The summed E-state index contributed by atoms with van der Waals surface area (Å²) in [4.78, 5) is 63.2. The zero-order chi connectivity index (χ0) is 33.8. The summed E-state index contributed by atoms with van der Waals surface area (Å²) >= 11 is 7.16. The van der Waals surface area contributed by atoms with Gasteiger partial charge in [-0.05, 0) is 35.6 Å². The largest absolute Gasteiger partial charge is 0.539 e. The van der Waals surface area contributed by atoms with Crippen LogP contribution >= 0.6 is 22.9 Å². The molecule has 2 radical (unpaired) electrons. The monoisotopic (exact) mass is 690 g/mol. The number of rotatable bonds is 12. The highest BCUT2D eigenvalue weighted by molar-refractivity contribution is 7.86. The predicted octanol–water partition coefficient (Wildman–Crippen LogP) is 2.26. The van der Waals surface area contributed by atoms with E-state index in [0.717, 1.165) is 10.5 Å². The summed E-state index contributed by atoms with van der Waals surface area (Å²) in [6, 6.07) is 5.71. The second-order valence-corrected chi connectivity index (χ2v) is 14.4. The van der Waals surface area contributed by atoms with E-state index in [0.29, 0.717) is 10.8 Å². The summed E-state index contributed by atoms with van der Waals surface area (Å²) in [6.07, 6.45) is -1.01. The fraction of sp³-hybridized carbons (Fsp3) is 0.448. The number of nitrogens with zero attached hydrogens (tertiary/aromatic N) is 3. The molecule has 2 aliphatic rings. The van der Waals surface area contributed by atoms with Crippen LogP contribution in [0.2, 0.25) is 0 Å². The summed E-state index contributed by atoms with van der Waals surface area (Å²) in [6.45, 7) is 7.39. The molecule has 17 heteroatoms. The van der Waals surface area contributed by atoms with Gasteiger partial charge >= 0.3 is 20.0 Å². The molecule has 0 bridgehead atoms. The van der Waals surface area contributed by atoms with Crippen molar-refractivity contribution in [2.24, 2.45) is 10.6 Å². The van der Waals surface area contributed by atoms with Gasteiger partial charge in [0.05, 0.1) is 28.7 Å². The molecule has 4 rings (SSSR count). The molecule has 2 aromatic rings. The van der Waals surface area contributed by atoms with Crippen molar-refractivity contribution in [3.8, 4) is 5.75 Å². The lowest BCUT2D eigenvalue weighted by Gasteiger charge is -2.49. The Balaban J connectivity index is 1.55. The van der Waals surface area contributed by atoms with E-state index < -0.39 is 57.5 Å². The number of aryl methyl sites for hydroxylation is 1. The van der Waals surface area contributed by atoms with Crippen molar-refractivity contribution in [2.75, 3.05) is 18.7 Å². The molecule has 4 atom stereocenters. The van der Waals surface area contributed by atoms with E-state index in [1.54, 1.807) is 43.7 Å². The maximum Gasteiger partial charge on any atom is 0.378 e. The average Bonchev–Trinajstić information content (AvgIpc) is 3.46. The lowest BCUT2D eigenvalue weighted by atomic mass is 9.89. The van der Waals surface area contributed by atoms with Crippen molar-refractivity contribution in [3.63, 3.8) is 0 Å². The van der Waals surface area contributed by atoms with Crippen molar-refractivity contribution in [1.29, 1.82) is 0 Å². The minimum absolute atomic E-state index is 0.0342. The van der Waals surface area contributed by atoms with Gasteiger partial charge < -0.3 is 24.3 Å². The van der Waals surface area contributed by atoms with E-state index >= 15 is 0 Å². The van der Waals surface area contributed by atoms with Crippen LogP contribution in [0.15, 0.2) is 46.1 Å². The maximum absolute atomic E-state index is 13.6. The Morgan fingerprint density at radius 3 is 2.52 bits per heavy atom. The topological polar surface area (TPSA) is 163 Å². The highest BCUT2D eigenvalue weighted by atomic mass is 35.5. The number of halogens is 1. The second kappa shape index (κ2) is 14.8. The number of benzene rings is 1. The van der Waals surface area contributed by atoms with Crippen LogP contribution in [0.3, 0.4) is 0 Å². The normalized spacial score (nSPS) is 20.3. The minimum atomic E-state index is -1.72. The van der Waals surface area contributed by atoms with Gasteiger partial charge in [0.2, 0.25) is 6.10 Å². The fourth-order valence-electron chi connectivity index (χ4n) is 4.69. The summed E-state index contributed by atoms with van der Waals surface area (Å²) in [7, 11) is 4.87. The van der Waals surface area contributed by atoms with Crippen LogP contribution in [0.5, 0.6) is 5.75 Å². The number of carbonyl (C=O) groups excluding carboxylic acids is 4. The quantitative estimate of drug-likeness (QED) is 0.0873. The molecule has 1 saturated heterocycles. The Bertz CT molecular complexity index is 1590. The van der Waals surface area contributed by atoms with Gasteiger partial charge in [0.25, 0.3) is 11.8 Å². The molecule has 0 aliphatic carbocycles. The third-order valence-electron chi connectivity index (χ3n) is 6.90. The lowest BCUT2D eigenvalue weighted by molar-refractivity contribution is -0.160. The first-order valence-corrected chi connectivity index (χ1v) is 16.7. The number of nitrogens with one attached hydrogen (secondary N) is 1. The number of alkyl halides is 1. The molecule has 1 fully saturated rings. The molecule has 1 aromatic carbocycles. The van der Waals surface area contributed by atoms with E-state index in [2.05, 4.69) is 20.1 Å². The van der Waals surface area contributed by atoms with Crippen molar-refractivity contribution < 1.29 is 42.4 Å². The summed E-state index contributed by atoms with van der Waals surface area (Å²) in [5.74, 6) is -2.98. The van der Waals surface area contributed by atoms with Crippen molar-refractivity contribution in [3.05, 3.63) is 57.2 Å². The van der Waals surface area contributed by atoms with Gasteiger partial charge in [-0.25, -0.2) is 14.6 Å². The SMILES string of the molecule is [B]OC(=O)C1=C(CCl)CS(=O)[C@@H]2[C@H](NC(=O)/C(=N\O[C@@H](CC(C)(C)C)C(=O)OCc3ccc(OC)cc3)c3csc(C)n3)C(=O)N12. The first-order chi connectivity index (χ1) is 21.8. The average molecular weight is 691 g/mol. The molecule has 1 N–H and O–H groups in total. The molecule has 2 amide bonds. The predicted molar refractivity (Wildman–Crippen MR) is 170 cm³/mol. The summed E-state index contributed by atoms with van der Waals surface area (Å²) in [5.41, 5.74) is 0.151. The fourth-order valence-corrected chi connectivity index (χ4v) is 7.31. The third kappa shape index (κ3) is 7.96. The molecule has 3 heterocycles. The first-order valence-electron chi connectivity index (χ1n) is 13.9. The molecule has 1 aromatic heterocycles. The Kier molecular flexibility index (Phi) is 11.3. The third-order valence-corrected chi connectivity index (χ3v) is 9.65. The smallest absolute Gasteiger partial charge is 0.378 e. The Labute approximate surface area is 278 Å². The zero-order valence-electron chi connectivity index (χ0n) is 25.7. The molecular weight excluding hydrogens is 659 g/mol. The molecule has 46 heavy (non-hydrogen) atoms. The van der Waals surface area contributed by atoms with Crippen LogP contribution < -0.4 is 10.1 Å². The first kappa shape index (κ1) is 35.1. The van der Waals surface area contributed by atoms with Crippen LogP contribution in [-0.2, 0) is 50.8 Å². The number of thiazole rings is 1. The van der Waals surface area contributed by atoms with Crippen LogP contribution in [0.1, 0.15) is 43.5 Å². The van der Waals surface area contributed by atoms with Gasteiger partial charge in [-0.15, -0.1) is 22.9 Å². The number of carbonyl (C=O) groups is 4. The summed E-state index contributed by atoms with van der Waals surface area (Å²) in [5, 5.41) is 7.68. The van der Waals surface area contributed by atoms with E-state index in [4.69, 9.17) is 34.0 Å². The molecule has 2 aliphatic heterocycles. The molecule has 244 valence electrons. The standard InChI is InChI=1S/C29H32BClN4O9S2/c1-15-32-19(13-45-15)21(24(36)33-22-25(37)35-23(28(39)43-30)17(11-31)14-46(40)26(22)35)34-44-20(10-29(2,3)4)27(38)42-12-16-6-8-18(41-5)9-7-16/h6-9,13,20,22,26H,10-12,14H2,1-5H3,(H,33,36)/b34-21-/t20-,22+,26+,46?/m0/s1. The number of aromatic nitrogens is 1. The van der Waals surface area contributed by atoms with Gasteiger partial charge in [-0.2, -0.15) is 0 Å². The number of hydrogen-bond acceptors (Lipinski definition) is 12. The highest BCUT2D eigenvalue weighted by Gasteiger charge is 2.57. The maximum atomic E-state index is 13.6. The number of hydrogen-bond donors (Lipinski definition) is 1. The number of β-lactam (4-membered cyclic amide) rings is 1. The molecule has 13 nitrogen and oxygen atoms in total. The number of methoxy groups -OCH3 is 1. The zero-order valence-corrected chi connectivity index (χ0v) is 28.1. The number of amides is 2.